The standard InChI is InChI=1S/C19H28NO8P/c1-19(2)27-12-16(28-19)11-26-17(21)8-9-20-18(22)15(13-29(23,24)25)10-14-6-4-3-5-7-14/h3-7,15-16H,8-13H2,1-2H3,(H,20,22)(H2,23,24,25). The van der Waals surface area contributed by atoms with Gasteiger partial charge in [0.05, 0.1) is 25.1 Å². The van der Waals surface area contributed by atoms with Gasteiger partial charge >= 0.3 is 13.6 Å². The third kappa shape index (κ3) is 9.06. The number of esters is 1. The van der Waals surface area contributed by atoms with E-state index >= 15 is 0 Å². The Morgan fingerprint density at radius 3 is 2.59 bits per heavy atom. The minimum absolute atomic E-state index is 0.0115. The molecule has 2 rings (SSSR count). The summed E-state index contributed by atoms with van der Waals surface area (Å²) in [5.74, 6) is -2.62. The first kappa shape index (κ1) is 23.5. The van der Waals surface area contributed by atoms with Gasteiger partial charge in [0.25, 0.3) is 0 Å². The molecule has 10 heteroatoms. The van der Waals surface area contributed by atoms with Gasteiger partial charge in [-0.15, -0.1) is 0 Å². The smallest absolute Gasteiger partial charge is 0.326 e. The first-order chi connectivity index (χ1) is 13.5. The molecule has 0 saturated carbocycles. The summed E-state index contributed by atoms with van der Waals surface area (Å²) < 4.78 is 27.4. The van der Waals surface area contributed by atoms with Crippen LogP contribution in [0.25, 0.3) is 0 Å². The van der Waals surface area contributed by atoms with Crippen molar-refractivity contribution in [3.63, 3.8) is 0 Å². The fraction of sp³-hybridized carbons (Fsp3) is 0.579. The van der Waals surface area contributed by atoms with Gasteiger partial charge < -0.3 is 29.3 Å². The summed E-state index contributed by atoms with van der Waals surface area (Å²) >= 11 is 0. The molecule has 1 saturated heterocycles. The molecule has 3 N–H and O–H groups in total. The van der Waals surface area contributed by atoms with E-state index in [1.165, 1.54) is 0 Å². The Morgan fingerprint density at radius 1 is 1.31 bits per heavy atom. The molecule has 0 aromatic heterocycles. The summed E-state index contributed by atoms with van der Waals surface area (Å²) in [6, 6.07) is 8.97. The van der Waals surface area contributed by atoms with Crippen LogP contribution in [0.4, 0.5) is 0 Å². The van der Waals surface area contributed by atoms with E-state index in [2.05, 4.69) is 5.32 Å². The maximum Gasteiger partial charge on any atom is 0.326 e. The molecule has 1 fully saturated rings. The van der Waals surface area contributed by atoms with Crippen LogP contribution >= 0.6 is 7.60 Å². The molecular weight excluding hydrogens is 401 g/mol. The van der Waals surface area contributed by atoms with E-state index in [0.717, 1.165) is 5.56 Å². The van der Waals surface area contributed by atoms with Gasteiger partial charge in [0.1, 0.15) is 12.7 Å². The van der Waals surface area contributed by atoms with Crippen LogP contribution in [-0.2, 0) is 34.8 Å². The van der Waals surface area contributed by atoms with Crippen molar-refractivity contribution in [2.75, 3.05) is 25.9 Å². The minimum atomic E-state index is -4.38. The molecule has 1 aliphatic rings. The fourth-order valence-electron chi connectivity index (χ4n) is 2.96. The van der Waals surface area contributed by atoms with Crippen LogP contribution in [0.2, 0.25) is 0 Å². The van der Waals surface area contributed by atoms with E-state index in [0.29, 0.717) is 6.61 Å². The van der Waals surface area contributed by atoms with Gasteiger partial charge in [-0.2, -0.15) is 0 Å². The zero-order valence-corrected chi connectivity index (χ0v) is 17.5. The van der Waals surface area contributed by atoms with E-state index in [1.54, 1.807) is 38.1 Å². The number of nitrogens with one attached hydrogen (secondary N) is 1. The van der Waals surface area contributed by atoms with E-state index in [-0.39, 0.29) is 32.1 Å². The second-order valence-corrected chi connectivity index (χ2v) is 9.10. The normalized spacial score (nSPS) is 19.5. The van der Waals surface area contributed by atoms with Crippen molar-refractivity contribution in [3.05, 3.63) is 35.9 Å². The summed E-state index contributed by atoms with van der Waals surface area (Å²) in [6.45, 7) is 3.95. The van der Waals surface area contributed by atoms with Gasteiger partial charge in [-0.1, -0.05) is 30.3 Å². The molecule has 2 unspecified atom stereocenters. The van der Waals surface area contributed by atoms with E-state index < -0.39 is 37.3 Å². The largest absolute Gasteiger partial charge is 0.463 e. The van der Waals surface area contributed by atoms with Gasteiger partial charge in [-0.25, -0.2) is 0 Å². The molecule has 1 aromatic carbocycles. The van der Waals surface area contributed by atoms with Gasteiger partial charge in [0, 0.05) is 6.54 Å². The lowest BCUT2D eigenvalue weighted by Crippen LogP contribution is -2.35. The molecule has 2 atom stereocenters. The average molecular weight is 429 g/mol. The Morgan fingerprint density at radius 2 is 2.00 bits per heavy atom. The molecule has 1 amide bonds. The van der Waals surface area contributed by atoms with E-state index in [9.17, 15) is 23.9 Å². The summed E-state index contributed by atoms with van der Waals surface area (Å²) in [4.78, 5) is 42.8. The predicted octanol–water partition coefficient (Wildman–Crippen LogP) is 1.22. The number of amides is 1. The maximum atomic E-state index is 12.4. The zero-order valence-electron chi connectivity index (χ0n) is 16.6. The number of hydrogen-bond donors (Lipinski definition) is 3. The number of benzene rings is 1. The molecule has 162 valence electrons. The average Bonchev–Trinajstić information content (AvgIpc) is 2.98. The minimum Gasteiger partial charge on any atom is -0.463 e. The van der Waals surface area contributed by atoms with Crippen molar-refractivity contribution in [2.24, 2.45) is 5.92 Å². The Hall–Kier alpha value is -1.77. The van der Waals surface area contributed by atoms with E-state index in [1.807, 2.05) is 6.07 Å². The molecule has 1 heterocycles. The van der Waals surface area contributed by atoms with Crippen molar-refractivity contribution in [2.45, 2.75) is 38.6 Å². The Balaban J connectivity index is 1.76. The summed E-state index contributed by atoms with van der Waals surface area (Å²) in [5, 5.41) is 2.56. The van der Waals surface area contributed by atoms with Crippen molar-refractivity contribution >= 4 is 19.5 Å². The highest BCUT2D eigenvalue weighted by Gasteiger charge is 2.33. The van der Waals surface area contributed by atoms with Crippen LogP contribution < -0.4 is 5.32 Å². The molecule has 29 heavy (non-hydrogen) atoms. The van der Waals surface area contributed by atoms with Crippen LogP contribution in [0.1, 0.15) is 25.8 Å². The van der Waals surface area contributed by atoms with Crippen molar-refractivity contribution in [3.8, 4) is 0 Å². The lowest BCUT2D eigenvalue weighted by Gasteiger charge is -2.18. The van der Waals surface area contributed by atoms with Crippen molar-refractivity contribution in [1.29, 1.82) is 0 Å². The Labute approximate surface area is 169 Å². The third-order valence-corrected chi connectivity index (χ3v) is 5.20. The van der Waals surface area contributed by atoms with Crippen LogP contribution in [0.15, 0.2) is 30.3 Å². The molecule has 0 aliphatic carbocycles. The Bertz CT molecular complexity index is 733. The van der Waals surface area contributed by atoms with Crippen molar-refractivity contribution in [1.82, 2.24) is 5.32 Å². The van der Waals surface area contributed by atoms with Gasteiger partial charge in [-0.3, -0.25) is 14.2 Å². The highest BCUT2D eigenvalue weighted by molar-refractivity contribution is 7.51. The molecular formula is C19H28NO8P. The maximum absolute atomic E-state index is 12.4. The van der Waals surface area contributed by atoms with Gasteiger partial charge in [-0.05, 0) is 25.8 Å². The molecule has 0 spiro atoms. The third-order valence-electron chi connectivity index (χ3n) is 4.28. The van der Waals surface area contributed by atoms with Crippen molar-refractivity contribution < 1.29 is 38.2 Å². The lowest BCUT2D eigenvalue weighted by molar-refractivity contribution is -0.158. The topological polar surface area (TPSA) is 131 Å². The molecule has 0 bridgehead atoms. The number of hydrogen-bond acceptors (Lipinski definition) is 6. The van der Waals surface area contributed by atoms with Crippen LogP contribution in [0.3, 0.4) is 0 Å². The first-order valence-corrected chi connectivity index (χ1v) is 11.2. The van der Waals surface area contributed by atoms with Crippen LogP contribution in [0, 0.1) is 5.92 Å². The number of carbonyl (C=O) groups excluding carboxylic acids is 2. The Kier molecular flexibility index (Phi) is 8.36. The number of rotatable bonds is 10. The van der Waals surface area contributed by atoms with Crippen LogP contribution in [0.5, 0.6) is 0 Å². The fourth-order valence-corrected chi connectivity index (χ4v) is 3.83. The molecule has 0 radical (unpaired) electrons. The second kappa shape index (κ2) is 10.3. The lowest BCUT2D eigenvalue weighted by atomic mass is 10.0. The monoisotopic (exact) mass is 429 g/mol. The predicted molar refractivity (Wildman–Crippen MR) is 104 cm³/mol. The summed E-state index contributed by atoms with van der Waals surface area (Å²) in [7, 11) is -4.38. The highest BCUT2D eigenvalue weighted by Crippen LogP contribution is 2.37. The number of carbonyl (C=O) groups is 2. The first-order valence-electron chi connectivity index (χ1n) is 9.38. The summed E-state index contributed by atoms with van der Waals surface area (Å²) in [5.41, 5.74) is 0.794. The SMILES string of the molecule is CC1(C)OCC(COC(=O)CCNC(=O)C(Cc2ccccc2)CP(=O)(O)O)O1. The highest BCUT2D eigenvalue weighted by atomic mass is 31.2. The summed E-state index contributed by atoms with van der Waals surface area (Å²) in [6.07, 6.45) is -0.761. The van der Waals surface area contributed by atoms with Gasteiger partial charge in [0.2, 0.25) is 5.91 Å². The molecule has 1 aliphatic heterocycles. The second-order valence-electron chi connectivity index (χ2n) is 7.41. The quantitative estimate of drug-likeness (QED) is 0.374. The molecule has 9 nitrogen and oxygen atoms in total. The molecule has 1 aromatic rings. The van der Waals surface area contributed by atoms with E-state index in [4.69, 9.17) is 14.2 Å². The zero-order chi connectivity index (χ0) is 21.5. The number of ether oxygens (including phenoxy) is 3. The van der Waals surface area contributed by atoms with Crippen LogP contribution in [-0.4, -0.2) is 59.5 Å². The van der Waals surface area contributed by atoms with Gasteiger partial charge in [0.15, 0.2) is 5.79 Å².